The average molecular weight is 284 g/mol. The highest BCUT2D eigenvalue weighted by Gasteiger charge is 2.15. The summed E-state index contributed by atoms with van der Waals surface area (Å²) >= 11 is 0. The van der Waals surface area contributed by atoms with Crippen LogP contribution in [0.25, 0.3) is 0 Å². The van der Waals surface area contributed by atoms with Gasteiger partial charge in [0.25, 0.3) is 0 Å². The number of benzene rings is 1. The predicted octanol–water partition coefficient (Wildman–Crippen LogP) is 2.12. The molecule has 0 saturated heterocycles. The molecule has 0 heterocycles. The van der Waals surface area contributed by atoms with Crippen LogP contribution in [0.2, 0.25) is 0 Å². The second-order valence-electron chi connectivity index (χ2n) is 4.71. The Kier molecular flexibility index (Phi) is 6.48. The molecule has 0 aliphatic heterocycles. The summed E-state index contributed by atoms with van der Waals surface area (Å²) in [5, 5.41) is 3.03. The van der Waals surface area contributed by atoms with Crippen molar-refractivity contribution in [3.63, 3.8) is 0 Å². The fourth-order valence-corrected chi connectivity index (χ4v) is 2.99. The lowest BCUT2D eigenvalue weighted by molar-refractivity contribution is 0.479. The van der Waals surface area contributed by atoms with E-state index >= 15 is 0 Å². The minimum absolute atomic E-state index is 0.332. The number of hydrogen-bond donors (Lipinski definition) is 2. The van der Waals surface area contributed by atoms with E-state index in [1.807, 2.05) is 19.2 Å². The molecule has 0 saturated carbocycles. The first-order chi connectivity index (χ1) is 9.03. The van der Waals surface area contributed by atoms with Gasteiger partial charge in [-0.3, -0.25) is 0 Å². The van der Waals surface area contributed by atoms with E-state index in [-0.39, 0.29) is 0 Å². The first-order valence-electron chi connectivity index (χ1n) is 6.76. The zero-order chi connectivity index (χ0) is 14.3. The summed E-state index contributed by atoms with van der Waals surface area (Å²) in [6.45, 7) is 5.40. The van der Waals surface area contributed by atoms with E-state index in [0.717, 1.165) is 24.9 Å². The van der Waals surface area contributed by atoms with Crippen molar-refractivity contribution in [3.05, 3.63) is 29.8 Å². The number of hydrogen-bond acceptors (Lipinski definition) is 3. The molecular formula is C14H24N2O2S. The van der Waals surface area contributed by atoms with Crippen LogP contribution in [-0.4, -0.2) is 22.0 Å². The van der Waals surface area contributed by atoms with Crippen LogP contribution in [0.1, 0.15) is 32.3 Å². The summed E-state index contributed by atoms with van der Waals surface area (Å²) in [5.41, 5.74) is 1.07. The van der Waals surface area contributed by atoms with Gasteiger partial charge in [0.05, 0.1) is 4.90 Å². The smallest absolute Gasteiger partial charge is 0.240 e. The summed E-state index contributed by atoms with van der Waals surface area (Å²) < 4.78 is 26.9. The normalized spacial score (nSPS) is 12.0. The molecule has 108 valence electrons. The molecule has 0 bridgehead atoms. The average Bonchev–Trinajstić information content (AvgIpc) is 2.41. The van der Waals surface area contributed by atoms with E-state index < -0.39 is 10.0 Å². The summed E-state index contributed by atoms with van der Waals surface area (Å²) in [5.74, 6) is 0.401. The molecule has 0 aromatic heterocycles. The monoisotopic (exact) mass is 284 g/mol. The molecule has 0 radical (unpaired) electrons. The molecule has 0 spiro atoms. The Morgan fingerprint density at radius 3 is 2.16 bits per heavy atom. The Labute approximate surface area is 116 Å². The van der Waals surface area contributed by atoms with Gasteiger partial charge in [-0.15, -0.1) is 0 Å². The van der Waals surface area contributed by atoms with Crippen molar-refractivity contribution in [2.45, 2.75) is 38.1 Å². The molecule has 0 amide bonds. The lowest BCUT2D eigenvalue weighted by Crippen LogP contribution is -2.29. The molecular weight excluding hydrogens is 260 g/mol. The van der Waals surface area contributed by atoms with E-state index in [0.29, 0.717) is 17.4 Å². The van der Waals surface area contributed by atoms with Crippen LogP contribution in [0.15, 0.2) is 29.2 Å². The molecule has 1 rings (SSSR count). The molecule has 0 unspecified atom stereocenters. The molecule has 0 fully saturated rings. The Hall–Kier alpha value is -0.910. The van der Waals surface area contributed by atoms with Crippen LogP contribution in [0.5, 0.6) is 0 Å². The quantitative estimate of drug-likeness (QED) is 0.769. The Morgan fingerprint density at radius 1 is 1.11 bits per heavy atom. The third kappa shape index (κ3) is 4.93. The third-order valence-electron chi connectivity index (χ3n) is 3.33. The fraction of sp³-hybridized carbons (Fsp3) is 0.571. The second kappa shape index (κ2) is 7.62. The maximum atomic E-state index is 12.1. The van der Waals surface area contributed by atoms with Gasteiger partial charge >= 0.3 is 0 Å². The van der Waals surface area contributed by atoms with Gasteiger partial charge in [0.1, 0.15) is 0 Å². The highest BCUT2D eigenvalue weighted by atomic mass is 32.2. The Morgan fingerprint density at radius 2 is 1.68 bits per heavy atom. The lowest BCUT2D eigenvalue weighted by Gasteiger charge is -2.13. The van der Waals surface area contributed by atoms with E-state index in [4.69, 9.17) is 0 Å². The largest absolute Gasteiger partial charge is 0.316 e. The molecule has 1 aromatic rings. The number of rotatable bonds is 8. The first-order valence-corrected chi connectivity index (χ1v) is 8.25. The van der Waals surface area contributed by atoms with Gasteiger partial charge in [0.15, 0.2) is 0 Å². The van der Waals surface area contributed by atoms with Gasteiger partial charge in [-0.2, -0.15) is 0 Å². The van der Waals surface area contributed by atoms with Crippen molar-refractivity contribution in [2.75, 3.05) is 13.6 Å². The SMILES string of the molecule is CCC(CC)CNS(=O)(=O)c1ccc(CNC)cc1. The number of sulfonamides is 1. The van der Waals surface area contributed by atoms with Crippen molar-refractivity contribution in [1.82, 2.24) is 10.0 Å². The van der Waals surface area contributed by atoms with Crippen LogP contribution in [0.3, 0.4) is 0 Å². The van der Waals surface area contributed by atoms with Crippen molar-refractivity contribution in [1.29, 1.82) is 0 Å². The molecule has 4 nitrogen and oxygen atoms in total. The van der Waals surface area contributed by atoms with Crippen molar-refractivity contribution in [2.24, 2.45) is 5.92 Å². The van der Waals surface area contributed by atoms with Crippen molar-refractivity contribution in [3.8, 4) is 0 Å². The molecule has 0 aliphatic carbocycles. The molecule has 0 atom stereocenters. The summed E-state index contributed by atoms with van der Waals surface area (Å²) in [7, 11) is -1.51. The number of nitrogens with one attached hydrogen (secondary N) is 2. The third-order valence-corrected chi connectivity index (χ3v) is 4.77. The van der Waals surface area contributed by atoms with Gasteiger partial charge in [-0.1, -0.05) is 38.8 Å². The Bertz CT molecular complexity index is 465. The zero-order valence-corrected chi connectivity index (χ0v) is 12.8. The maximum absolute atomic E-state index is 12.1. The van der Waals surface area contributed by atoms with Crippen LogP contribution in [-0.2, 0) is 16.6 Å². The first kappa shape index (κ1) is 16.1. The van der Waals surface area contributed by atoms with Crippen LogP contribution in [0.4, 0.5) is 0 Å². The highest BCUT2D eigenvalue weighted by molar-refractivity contribution is 7.89. The maximum Gasteiger partial charge on any atom is 0.240 e. The van der Waals surface area contributed by atoms with Crippen molar-refractivity contribution >= 4 is 10.0 Å². The summed E-state index contributed by atoms with van der Waals surface area (Å²) in [6.07, 6.45) is 1.97. The molecule has 0 aliphatic rings. The highest BCUT2D eigenvalue weighted by Crippen LogP contribution is 2.12. The van der Waals surface area contributed by atoms with E-state index in [1.165, 1.54) is 0 Å². The minimum Gasteiger partial charge on any atom is -0.316 e. The molecule has 5 heteroatoms. The van der Waals surface area contributed by atoms with Gasteiger partial charge < -0.3 is 5.32 Å². The van der Waals surface area contributed by atoms with Crippen LogP contribution in [0, 0.1) is 5.92 Å². The summed E-state index contributed by atoms with van der Waals surface area (Å²) in [6, 6.07) is 6.98. The van der Waals surface area contributed by atoms with E-state index in [1.54, 1.807) is 12.1 Å². The minimum atomic E-state index is -3.38. The molecule has 1 aromatic carbocycles. The zero-order valence-electron chi connectivity index (χ0n) is 11.9. The predicted molar refractivity (Wildman–Crippen MR) is 78.5 cm³/mol. The van der Waals surface area contributed by atoms with Crippen LogP contribution < -0.4 is 10.0 Å². The van der Waals surface area contributed by atoms with Gasteiger partial charge in [-0.25, -0.2) is 13.1 Å². The van der Waals surface area contributed by atoms with E-state index in [9.17, 15) is 8.42 Å². The Balaban J connectivity index is 2.71. The van der Waals surface area contributed by atoms with Gasteiger partial charge in [-0.05, 0) is 30.7 Å². The summed E-state index contributed by atoms with van der Waals surface area (Å²) in [4.78, 5) is 0.332. The van der Waals surface area contributed by atoms with Crippen molar-refractivity contribution < 1.29 is 8.42 Å². The molecule has 19 heavy (non-hydrogen) atoms. The van der Waals surface area contributed by atoms with Gasteiger partial charge in [0.2, 0.25) is 10.0 Å². The fourth-order valence-electron chi connectivity index (χ4n) is 1.88. The van der Waals surface area contributed by atoms with Crippen LogP contribution >= 0.6 is 0 Å². The van der Waals surface area contributed by atoms with E-state index in [2.05, 4.69) is 23.9 Å². The topological polar surface area (TPSA) is 58.2 Å². The second-order valence-corrected chi connectivity index (χ2v) is 6.48. The molecule has 2 N–H and O–H groups in total. The standard InChI is InChI=1S/C14H24N2O2S/c1-4-12(5-2)11-16-19(17,18)14-8-6-13(7-9-14)10-15-3/h6-9,12,15-16H,4-5,10-11H2,1-3H3. The van der Waals surface area contributed by atoms with Gasteiger partial charge in [0, 0.05) is 13.1 Å². The lowest BCUT2D eigenvalue weighted by atomic mass is 10.0.